The molecular weight excluding hydrogens is 349 g/mol. The van der Waals surface area contributed by atoms with E-state index in [1.165, 1.54) is 0 Å². The number of para-hydroxylation sites is 1. The van der Waals surface area contributed by atoms with E-state index in [1.54, 1.807) is 12.1 Å². The first-order valence-corrected chi connectivity index (χ1v) is 7.23. The lowest BCUT2D eigenvalue weighted by molar-refractivity contribution is 0.465. The van der Waals surface area contributed by atoms with Crippen LogP contribution in [0, 0.1) is 0 Å². The molecule has 0 aromatic heterocycles. The summed E-state index contributed by atoms with van der Waals surface area (Å²) in [7, 11) is 0. The number of halogens is 3. The van der Waals surface area contributed by atoms with E-state index in [2.05, 4.69) is 21.2 Å². The SMILES string of the molecule is CC(Nc1ccc(Br)c(Cl)c1Cl)c1ccccc1O. The van der Waals surface area contributed by atoms with Gasteiger partial charge in [-0.3, -0.25) is 0 Å². The molecule has 1 atom stereocenters. The van der Waals surface area contributed by atoms with Crippen LogP contribution >= 0.6 is 39.1 Å². The molecule has 100 valence electrons. The van der Waals surface area contributed by atoms with E-state index >= 15 is 0 Å². The highest BCUT2D eigenvalue weighted by Crippen LogP contribution is 2.37. The standard InChI is InChI=1S/C14H12BrCl2NO/c1-8(9-4-2-3-5-12(9)19)18-11-7-6-10(15)13(16)14(11)17/h2-8,18-19H,1H3. The lowest BCUT2D eigenvalue weighted by Crippen LogP contribution is -2.07. The molecule has 0 aliphatic carbocycles. The predicted octanol–water partition coefficient (Wildman–Crippen LogP) is 5.63. The summed E-state index contributed by atoms with van der Waals surface area (Å²) in [6, 6.07) is 10.8. The van der Waals surface area contributed by atoms with Gasteiger partial charge in [-0.05, 0) is 41.1 Å². The lowest BCUT2D eigenvalue weighted by Gasteiger charge is -2.18. The molecule has 2 N–H and O–H groups in total. The highest BCUT2D eigenvalue weighted by Gasteiger charge is 2.13. The zero-order chi connectivity index (χ0) is 14.0. The van der Waals surface area contributed by atoms with Gasteiger partial charge in [0.25, 0.3) is 0 Å². The van der Waals surface area contributed by atoms with Gasteiger partial charge in [-0.2, -0.15) is 0 Å². The molecule has 0 fully saturated rings. The second-order valence-corrected chi connectivity index (χ2v) is 5.76. The Bertz CT molecular complexity index is 604. The fourth-order valence-electron chi connectivity index (χ4n) is 1.80. The van der Waals surface area contributed by atoms with E-state index in [0.29, 0.717) is 10.0 Å². The monoisotopic (exact) mass is 359 g/mol. The molecule has 0 heterocycles. The molecule has 2 rings (SSSR count). The minimum absolute atomic E-state index is 0.0871. The second-order valence-electron chi connectivity index (χ2n) is 4.15. The van der Waals surface area contributed by atoms with Crippen molar-refractivity contribution >= 4 is 44.8 Å². The topological polar surface area (TPSA) is 32.3 Å². The third kappa shape index (κ3) is 3.16. The van der Waals surface area contributed by atoms with Crippen molar-refractivity contribution in [1.82, 2.24) is 0 Å². The molecule has 2 aromatic carbocycles. The van der Waals surface area contributed by atoms with Crippen LogP contribution in [-0.4, -0.2) is 5.11 Å². The van der Waals surface area contributed by atoms with Crippen molar-refractivity contribution in [1.29, 1.82) is 0 Å². The number of phenolic OH excluding ortho intramolecular Hbond substituents is 1. The lowest BCUT2D eigenvalue weighted by atomic mass is 10.1. The van der Waals surface area contributed by atoms with E-state index < -0.39 is 0 Å². The summed E-state index contributed by atoms with van der Waals surface area (Å²) in [5.41, 5.74) is 1.53. The number of anilines is 1. The van der Waals surface area contributed by atoms with Crippen LogP contribution in [0.4, 0.5) is 5.69 Å². The normalized spacial score (nSPS) is 12.2. The number of nitrogens with one attached hydrogen (secondary N) is 1. The summed E-state index contributed by atoms with van der Waals surface area (Å²) >= 11 is 15.6. The Morgan fingerprint density at radius 3 is 2.47 bits per heavy atom. The van der Waals surface area contributed by atoms with Gasteiger partial charge in [0.2, 0.25) is 0 Å². The highest BCUT2D eigenvalue weighted by atomic mass is 79.9. The van der Waals surface area contributed by atoms with Gasteiger partial charge in [0.15, 0.2) is 0 Å². The molecule has 19 heavy (non-hydrogen) atoms. The highest BCUT2D eigenvalue weighted by molar-refractivity contribution is 9.10. The Morgan fingerprint density at radius 1 is 1.11 bits per heavy atom. The quantitative estimate of drug-likeness (QED) is 0.694. The Kier molecular flexibility index (Phi) is 4.61. The Labute approximate surface area is 130 Å². The van der Waals surface area contributed by atoms with Crippen LogP contribution in [-0.2, 0) is 0 Å². The largest absolute Gasteiger partial charge is 0.508 e. The maximum Gasteiger partial charge on any atom is 0.120 e. The third-order valence-corrected chi connectivity index (χ3v) is 4.58. The van der Waals surface area contributed by atoms with Gasteiger partial charge in [-0.1, -0.05) is 41.4 Å². The van der Waals surface area contributed by atoms with Crippen LogP contribution in [0.25, 0.3) is 0 Å². The maximum atomic E-state index is 9.82. The van der Waals surface area contributed by atoms with Gasteiger partial charge in [0, 0.05) is 10.0 Å². The Morgan fingerprint density at radius 2 is 1.79 bits per heavy atom. The van der Waals surface area contributed by atoms with E-state index in [4.69, 9.17) is 23.2 Å². The number of benzene rings is 2. The summed E-state index contributed by atoms with van der Waals surface area (Å²) in [6.07, 6.45) is 0. The van der Waals surface area contributed by atoms with Gasteiger partial charge >= 0.3 is 0 Å². The molecule has 0 spiro atoms. The molecule has 5 heteroatoms. The summed E-state index contributed by atoms with van der Waals surface area (Å²) in [4.78, 5) is 0. The fraction of sp³-hybridized carbons (Fsp3) is 0.143. The van der Waals surface area contributed by atoms with Crippen molar-refractivity contribution in [3.05, 3.63) is 56.5 Å². The van der Waals surface area contributed by atoms with Crippen molar-refractivity contribution in [2.75, 3.05) is 5.32 Å². The predicted molar refractivity (Wildman–Crippen MR) is 84.3 cm³/mol. The van der Waals surface area contributed by atoms with Crippen molar-refractivity contribution in [2.45, 2.75) is 13.0 Å². The molecule has 2 aromatic rings. The van der Waals surface area contributed by atoms with Crippen molar-refractivity contribution < 1.29 is 5.11 Å². The molecule has 1 unspecified atom stereocenters. The number of aromatic hydroxyl groups is 1. The molecule has 2 nitrogen and oxygen atoms in total. The maximum absolute atomic E-state index is 9.82. The first kappa shape index (κ1) is 14.5. The molecular formula is C14H12BrCl2NO. The molecule has 0 radical (unpaired) electrons. The second kappa shape index (κ2) is 6.04. The average Bonchev–Trinajstić information content (AvgIpc) is 2.40. The molecule has 0 aliphatic rings. The zero-order valence-corrected chi connectivity index (χ0v) is 13.2. The first-order valence-electron chi connectivity index (χ1n) is 5.68. The number of hydrogen-bond acceptors (Lipinski definition) is 2. The van der Waals surface area contributed by atoms with Crippen LogP contribution in [0.1, 0.15) is 18.5 Å². The van der Waals surface area contributed by atoms with Crippen LogP contribution in [0.5, 0.6) is 5.75 Å². The molecule has 0 saturated carbocycles. The van der Waals surface area contributed by atoms with E-state index in [0.717, 1.165) is 15.7 Å². The number of hydrogen-bond donors (Lipinski definition) is 2. The minimum Gasteiger partial charge on any atom is -0.508 e. The summed E-state index contributed by atoms with van der Waals surface area (Å²) in [6.45, 7) is 1.95. The van der Waals surface area contributed by atoms with E-state index in [1.807, 2.05) is 31.2 Å². The van der Waals surface area contributed by atoms with Crippen LogP contribution in [0.15, 0.2) is 40.9 Å². The van der Waals surface area contributed by atoms with Gasteiger partial charge in [0.1, 0.15) is 5.75 Å². The Hall–Kier alpha value is -0.900. The zero-order valence-electron chi connectivity index (χ0n) is 10.1. The van der Waals surface area contributed by atoms with Crippen LogP contribution in [0.2, 0.25) is 10.0 Å². The summed E-state index contributed by atoms with van der Waals surface area (Å²) in [5.74, 6) is 0.252. The molecule has 0 saturated heterocycles. The van der Waals surface area contributed by atoms with Crippen molar-refractivity contribution in [3.63, 3.8) is 0 Å². The fourth-order valence-corrected chi connectivity index (χ4v) is 2.63. The molecule has 0 bridgehead atoms. The van der Waals surface area contributed by atoms with E-state index in [-0.39, 0.29) is 11.8 Å². The first-order chi connectivity index (χ1) is 9.00. The third-order valence-electron chi connectivity index (χ3n) is 2.81. The number of rotatable bonds is 3. The molecule has 0 amide bonds. The smallest absolute Gasteiger partial charge is 0.120 e. The van der Waals surface area contributed by atoms with Gasteiger partial charge in [-0.15, -0.1) is 0 Å². The molecule has 0 aliphatic heterocycles. The minimum atomic E-state index is -0.0871. The summed E-state index contributed by atoms with van der Waals surface area (Å²) in [5, 5.41) is 14.0. The van der Waals surface area contributed by atoms with Gasteiger partial charge in [0.05, 0.1) is 21.8 Å². The van der Waals surface area contributed by atoms with Crippen molar-refractivity contribution in [3.8, 4) is 5.75 Å². The van der Waals surface area contributed by atoms with Crippen LogP contribution in [0.3, 0.4) is 0 Å². The van der Waals surface area contributed by atoms with Crippen LogP contribution < -0.4 is 5.32 Å². The van der Waals surface area contributed by atoms with Gasteiger partial charge in [-0.25, -0.2) is 0 Å². The Balaban J connectivity index is 2.27. The average molecular weight is 361 g/mol. The van der Waals surface area contributed by atoms with E-state index in [9.17, 15) is 5.11 Å². The number of phenols is 1. The summed E-state index contributed by atoms with van der Waals surface area (Å²) < 4.78 is 0.750. The van der Waals surface area contributed by atoms with Crippen molar-refractivity contribution in [2.24, 2.45) is 0 Å². The van der Waals surface area contributed by atoms with Gasteiger partial charge < -0.3 is 10.4 Å².